The molecule has 1 aliphatic rings. The second-order valence-electron chi connectivity index (χ2n) is 4.78. The maximum atomic E-state index is 13.0. The second kappa shape index (κ2) is 5.18. The van der Waals surface area contributed by atoms with E-state index < -0.39 is 0 Å². The zero-order valence-corrected chi connectivity index (χ0v) is 10.0. The maximum Gasteiger partial charge on any atom is 0.124 e. The van der Waals surface area contributed by atoms with Crippen LogP contribution in [-0.4, -0.2) is 6.04 Å². The zero-order chi connectivity index (χ0) is 12.3. The molecule has 2 nitrogen and oxygen atoms in total. The number of hydrogen-bond donors (Lipinski definition) is 1. The van der Waals surface area contributed by atoms with Gasteiger partial charge < -0.3 is 5.32 Å². The molecule has 0 spiro atoms. The molecule has 2 rings (SSSR count). The number of benzene rings is 1. The van der Waals surface area contributed by atoms with Crippen LogP contribution in [0, 0.1) is 23.1 Å². The van der Waals surface area contributed by atoms with Crippen molar-refractivity contribution >= 4 is 5.69 Å². The van der Waals surface area contributed by atoms with E-state index in [1.807, 2.05) is 6.07 Å². The van der Waals surface area contributed by atoms with Crippen molar-refractivity contribution in [3.05, 3.63) is 29.6 Å². The Labute approximate surface area is 101 Å². The molecular formula is C14H17FN2. The Balaban J connectivity index is 2.10. The van der Waals surface area contributed by atoms with Crippen LogP contribution in [0.2, 0.25) is 0 Å². The van der Waals surface area contributed by atoms with E-state index in [1.165, 1.54) is 37.8 Å². The zero-order valence-electron chi connectivity index (χ0n) is 10.0. The fourth-order valence-electron chi connectivity index (χ4n) is 2.56. The minimum atomic E-state index is -0.361. The van der Waals surface area contributed by atoms with Gasteiger partial charge in [0, 0.05) is 6.04 Å². The van der Waals surface area contributed by atoms with Gasteiger partial charge in [0.05, 0.1) is 11.3 Å². The SMILES string of the molecule is CC(Nc1ccc(F)cc1C#N)C1CCCC1. The minimum Gasteiger partial charge on any atom is -0.381 e. The fourth-order valence-corrected chi connectivity index (χ4v) is 2.56. The number of nitrogens with one attached hydrogen (secondary N) is 1. The third kappa shape index (κ3) is 2.76. The molecule has 0 aliphatic heterocycles. The lowest BCUT2D eigenvalue weighted by molar-refractivity contribution is 0.482. The van der Waals surface area contributed by atoms with Crippen molar-refractivity contribution in [2.45, 2.75) is 38.6 Å². The van der Waals surface area contributed by atoms with Gasteiger partial charge in [0.15, 0.2) is 0 Å². The molecule has 1 N–H and O–H groups in total. The Morgan fingerprint density at radius 3 is 2.76 bits per heavy atom. The van der Waals surface area contributed by atoms with Crippen LogP contribution in [0.1, 0.15) is 38.2 Å². The third-order valence-electron chi connectivity index (χ3n) is 3.59. The number of nitriles is 1. The highest BCUT2D eigenvalue weighted by Crippen LogP contribution is 2.29. The summed E-state index contributed by atoms with van der Waals surface area (Å²) >= 11 is 0. The maximum absolute atomic E-state index is 13.0. The summed E-state index contributed by atoms with van der Waals surface area (Å²) in [5.74, 6) is 0.312. The Bertz CT molecular complexity index is 430. The summed E-state index contributed by atoms with van der Waals surface area (Å²) in [6, 6.07) is 6.70. The minimum absolute atomic E-state index is 0.343. The van der Waals surface area contributed by atoms with E-state index in [0.29, 0.717) is 17.5 Å². The smallest absolute Gasteiger partial charge is 0.124 e. The van der Waals surface area contributed by atoms with Gasteiger partial charge in [-0.2, -0.15) is 5.26 Å². The lowest BCUT2D eigenvalue weighted by atomic mass is 9.99. The van der Waals surface area contributed by atoms with Crippen molar-refractivity contribution in [1.29, 1.82) is 5.26 Å². The average Bonchev–Trinajstić information content (AvgIpc) is 2.85. The Kier molecular flexibility index (Phi) is 3.63. The van der Waals surface area contributed by atoms with E-state index in [-0.39, 0.29) is 5.82 Å². The highest BCUT2D eigenvalue weighted by molar-refractivity contribution is 5.57. The molecular weight excluding hydrogens is 215 g/mol. The monoisotopic (exact) mass is 232 g/mol. The van der Waals surface area contributed by atoms with Crippen molar-refractivity contribution in [2.24, 2.45) is 5.92 Å². The van der Waals surface area contributed by atoms with Gasteiger partial charge in [-0.3, -0.25) is 0 Å². The molecule has 0 saturated heterocycles. The topological polar surface area (TPSA) is 35.8 Å². The molecule has 1 aromatic rings. The highest BCUT2D eigenvalue weighted by atomic mass is 19.1. The van der Waals surface area contributed by atoms with Crippen LogP contribution in [0.25, 0.3) is 0 Å². The van der Waals surface area contributed by atoms with Gasteiger partial charge in [-0.25, -0.2) is 4.39 Å². The van der Waals surface area contributed by atoms with Gasteiger partial charge in [0.2, 0.25) is 0 Å². The number of hydrogen-bond acceptors (Lipinski definition) is 2. The Hall–Kier alpha value is -1.56. The quantitative estimate of drug-likeness (QED) is 0.862. The van der Waals surface area contributed by atoms with Gasteiger partial charge in [-0.05, 0) is 43.9 Å². The number of anilines is 1. The molecule has 1 saturated carbocycles. The van der Waals surface area contributed by atoms with Gasteiger partial charge in [-0.15, -0.1) is 0 Å². The van der Waals surface area contributed by atoms with Gasteiger partial charge in [-0.1, -0.05) is 12.8 Å². The van der Waals surface area contributed by atoms with E-state index in [2.05, 4.69) is 12.2 Å². The summed E-state index contributed by atoms with van der Waals surface area (Å²) in [6.07, 6.45) is 5.09. The first-order valence-corrected chi connectivity index (χ1v) is 6.17. The first-order valence-electron chi connectivity index (χ1n) is 6.17. The van der Waals surface area contributed by atoms with E-state index in [4.69, 9.17) is 5.26 Å². The van der Waals surface area contributed by atoms with Gasteiger partial charge >= 0.3 is 0 Å². The standard InChI is InChI=1S/C14H17FN2/c1-10(11-4-2-3-5-11)17-14-7-6-13(15)8-12(14)9-16/h6-8,10-11,17H,2-5H2,1H3. The first kappa shape index (κ1) is 11.9. The summed E-state index contributed by atoms with van der Waals surface area (Å²) in [5.41, 5.74) is 1.13. The van der Waals surface area contributed by atoms with Crippen molar-refractivity contribution < 1.29 is 4.39 Å². The lowest BCUT2D eigenvalue weighted by Gasteiger charge is -2.22. The van der Waals surface area contributed by atoms with E-state index in [0.717, 1.165) is 5.69 Å². The van der Waals surface area contributed by atoms with Crippen molar-refractivity contribution in [1.82, 2.24) is 0 Å². The second-order valence-corrected chi connectivity index (χ2v) is 4.78. The molecule has 0 amide bonds. The molecule has 0 heterocycles. The first-order chi connectivity index (χ1) is 8.20. The molecule has 1 aliphatic carbocycles. The van der Waals surface area contributed by atoms with Crippen LogP contribution in [0.3, 0.4) is 0 Å². The fraction of sp³-hybridized carbons (Fsp3) is 0.500. The van der Waals surface area contributed by atoms with Gasteiger partial charge in [0.1, 0.15) is 11.9 Å². The normalized spacial score (nSPS) is 17.7. The summed E-state index contributed by atoms with van der Waals surface area (Å²) in [5, 5.41) is 12.3. The largest absolute Gasteiger partial charge is 0.381 e. The molecule has 3 heteroatoms. The average molecular weight is 232 g/mol. The van der Waals surface area contributed by atoms with Crippen LogP contribution < -0.4 is 5.32 Å². The number of rotatable bonds is 3. The van der Waals surface area contributed by atoms with Crippen LogP contribution >= 0.6 is 0 Å². The summed E-state index contributed by atoms with van der Waals surface area (Å²) in [4.78, 5) is 0. The van der Waals surface area contributed by atoms with Crippen LogP contribution in [0.4, 0.5) is 10.1 Å². The van der Waals surface area contributed by atoms with Gasteiger partial charge in [0.25, 0.3) is 0 Å². The molecule has 1 fully saturated rings. The predicted octanol–water partition coefficient (Wildman–Crippen LogP) is 3.69. The van der Waals surface area contributed by atoms with Crippen molar-refractivity contribution in [3.63, 3.8) is 0 Å². The summed E-state index contributed by atoms with van der Waals surface area (Å²) in [7, 11) is 0. The van der Waals surface area contributed by atoms with Crippen molar-refractivity contribution in [2.75, 3.05) is 5.32 Å². The van der Waals surface area contributed by atoms with Crippen LogP contribution in [0.5, 0.6) is 0 Å². The Morgan fingerprint density at radius 1 is 1.41 bits per heavy atom. The number of halogens is 1. The molecule has 0 bridgehead atoms. The molecule has 0 radical (unpaired) electrons. The van der Waals surface area contributed by atoms with Crippen molar-refractivity contribution in [3.8, 4) is 6.07 Å². The molecule has 17 heavy (non-hydrogen) atoms. The van der Waals surface area contributed by atoms with E-state index in [1.54, 1.807) is 6.07 Å². The predicted molar refractivity (Wildman–Crippen MR) is 66.2 cm³/mol. The van der Waals surface area contributed by atoms with E-state index in [9.17, 15) is 4.39 Å². The Morgan fingerprint density at radius 2 is 2.12 bits per heavy atom. The molecule has 1 aromatic carbocycles. The lowest BCUT2D eigenvalue weighted by Crippen LogP contribution is -2.24. The number of nitrogens with zero attached hydrogens (tertiary/aromatic N) is 1. The summed E-state index contributed by atoms with van der Waals surface area (Å²) in [6.45, 7) is 2.14. The third-order valence-corrected chi connectivity index (χ3v) is 3.59. The highest BCUT2D eigenvalue weighted by Gasteiger charge is 2.21. The summed E-state index contributed by atoms with van der Waals surface area (Å²) < 4.78 is 13.0. The molecule has 1 unspecified atom stereocenters. The van der Waals surface area contributed by atoms with Crippen LogP contribution in [0.15, 0.2) is 18.2 Å². The van der Waals surface area contributed by atoms with E-state index >= 15 is 0 Å². The molecule has 0 aromatic heterocycles. The van der Waals surface area contributed by atoms with Crippen LogP contribution in [-0.2, 0) is 0 Å². The molecule has 1 atom stereocenters. The molecule has 90 valence electrons.